The highest BCUT2D eigenvalue weighted by Gasteiger charge is 2.06. The van der Waals surface area contributed by atoms with Gasteiger partial charge in [-0.05, 0) is 65.4 Å². The van der Waals surface area contributed by atoms with Crippen LogP contribution < -0.4 is 4.74 Å². The van der Waals surface area contributed by atoms with Crippen LogP contribution in [0.2, 0.25) is 0 Å². The molecule has 0 amide bonds. The van der Waals surface area contributed by atoms with Crippen molar-refractivity contribution in [3.05, 3.63) is 78.9 Å². The molecule has 0 fully saturated rings. The van der Waals surface area contributed by atoms with Crippen molar-refractivity contribution in [2.75, 3.05) is 6.61 Å². The van der Waals surface area contributed by atoms with Crippen molar-refractivity contribution in [1.29, 1.82) is 0 Å². The Hall–Kier alpha value is -3.40. The summed E-state index contributed by atoms with van der Waals surface area (Å²) in [6.07, 6.45) is 3.84. The minimum Gasteiger partial charge on any atom is -0.462 e. The van der Waals surface area contributed by atoms with Crippen LogP contribution in [0.5, 0.6) is 5.75 Å². The smallest absolute Gasteiger partial charge is 0.335 e. The maximum Gasteiger partial charge on any atom is 0.335 e. The number of unbranched alkanes of at least 4 members (excludes halogenated alkanes) is 1. The molecule has 0 atom stereocenters. The number of carbonyl (C=O) groups is 2. The first kappa shape index (κ1) is 20.3. The SMILES string of the molecule is C=CC(=O)Oc1ccc2c(ccc3cc(CCCCOC(=O)C(=C)C)ccc32)c1. The number of ether oxygens (including phenoxy) is 2. The van der Waals surface area contributed by atoms with Gasteiger partial charge in [0.25, 0.3) is 0 Å². The Balaban J connectivity index is 1.68. The summed E-state index contributed by atoms with van der Waals surface area (Å²) in [7, 11) is 0. The lowest BCUT2D eigenvalue weighted by molar-refractivity contribution is -0.139. The third-order valence-corrected chi connectivity index (χ3v) is 4.70. The van der Waals surface area contributed by atoms with Crippen LogP contribution in [0.15, 0.2) is 73.3 Å². The molecule has 29 heavy (non-hydrogen) atoms. The number of hydrogen-bond acceptors (Lipinski definition) is 4. The van der Waals surface area contributed by atoms with E-state index >= 15 is 0 Å². The van der Waals surface area contributed by atoms with Gasteiger partial charge in [-0.2, -0.15) is 0 Å². The first-order chi connectivity index (χ1) is 14.0. The molecule has 0 unspecified atom stereocenters. The average molecular weight is 388 g/mol. The molecular weight excluding hydrogens is 364 g/mol. The zero-order valence-electron chi connectivity index (χ0n) is 16.6. The van der Waals surface area contributed by atoms with Crippen molar-refractivity contribution in [2.45, 2.75) is 26.2 Å². The summed E-state index contributed by atoms with van der Waals surface area (Å²) in [5.41, 5.74) is 1.68. The van der Waals surface area contributed by atoms with Crippen LogP contribution in [-0.2, 0) is 20.7 Å². The van der Waals surface area contributed by atoms with Crippen LogP contribution in [0.4, 0.5) is 0 Å². The van der Waals surface area contributed by atoms with E-state index in [1.54, 1.807) is 13.0 Å². The number of esters is 2. The standard InChI is InChI=1S/C25H24O4/c1-4-24(26)29-21-11-13-23-20(16-21)10-9-19-15-18(8-12-22(19)23)7-5-6-14-28-25(27)17(2)3/h4,8-13,15-16H,1-2,5-7,14H2,3H3. The lowest BCUT2D eigenvalue weighted by Gasteiger charge is -2.09. The monoisotopic (exact) mass is 388 g/mol. The van der Waals surface area contributed by atoms with Crippen LogP contribution in [0.25, 0.3) is 21.5 Å². The zero-order valence-corrected chi connectivity index (χ0v) is 16.6. The van der Waals surface area contributed by atoms with Crippen LogP contribution in [0, 0.1) is 0 Å². The van der Waals surface area contributed by atoms with E-state index in [4.69, 9.17) is 9.47 Å². The number of hydrogen-bond donors (Lipinski definition) is 0. The maximum absolute atomic E-state index is 11.4. The van der Waals surface area contributed by atoms with Crippen molar-refractivity contribution >= 4 is 33.5 Å². The van der Waals surface area contributed by atoms with E-state index in [0.29, 0.717) is 17.9 Å². The first-order valence-corrected chi connectivity index (χ1v) is 9.60. The molecule has 0 bridgehead atoms. The Bertz CT molecular complexity index is 1090. The van der Waals surface area contributed by atoms with E-state index in [2.05, 4.69) is 37.4 Å². The Kier molecular flexibility index (Phi) is 6.45. The molecule has 148 valence electrons. The Morgan fingerprint density at radius 3 is 2.34 bits per heavy atom. The van der Waals surface area contributed by atoms with Gasteiger partial charge < -0.3 is 9.47 Å². The summed E-state index contributed by atoms with van der Waals surface area (Å²) in [5, 5.41) is 4.45. The Morgan fingerprint density at radius 1 is 0.966 bits per heavy atom. The van der Waals surface area contributed by atoms with Crippen molar-refractivity contribution in [1.82, 2.24) is 0 Å². The van der Waals surface area contributed by atoms with Crippen LogP contribution in [0.3, 0.4) is 0 Å². The summed E-state index contributed by atoms with van der Waals surface area (Å²) in [5.74, 6) is -0.292. The van der Waals surface area contributed by atoms with Gasteiger partial charge in [-0.15, -0.1) is 0 Å². The molecule has 0 aliphatic heterocycles. The average Bonchev–Trinajstić information content (AvgIpc) is 2.72. The number of carbonyl (C=O) groups excluding carboxylic acids is 2. The summed E-state index contributed by atoms with van der Waals surface area (Å²) in [6.45, 7) is 9.06. The second-order valence-corrected chi connectivity index (χ2v) is 7.00. The lowest BCUT2D eigenvalue weighted by Crippen LogP contribution is -2.06. The number of fused-ring (bicyclic) bond motifs is 3. The van der Waals surface area contributed by atoms with Gasteiger partial charge >= 0.3 is 11.9 Å². The molecule has 3 rings (SSSR count). The summed E-state index contributed by atoms with van der Waals surface area (Å²) in [6, 6.07) is 16.2. The minimum atomic E-state index is -0.468. The summed E-state index contributed by atoms with van der Waals surface area (Å²) < 4.78 is 10.3. The fraction of sp³-hybridized carbons (Fsp3) is 0.200. The van der Waals surface area contributed by atoms with Gasteiger partial charge in [0.2, 0.25) is 0 Å². The molecule has 0 heterocycles. The molecule has 0 N–H and O–H groups in total. The molecule has 0 saturated carbocycles. The van der Waals surface area contributed by atoms with E-state index in [9.17, 15) is 9.59 Å². The number of rotatable bonds is 8. The van der Waals surface area contributed by atoms with Gasteiger partial charge in [0, 0.05) is 11.6 Å². The third kappa shape index (κ3) is 5.11. The van der Waals surface area contributed by atoms with Gasteiger partial charge in [-0.1, -0.05) is 49.6 Å². The van der Waals surface area contributed by atoms with Crippen molar-refractivity contribution in [2.24, 2.45) is 0 Å². The Labute approximate surface area is 170 Å². The van der Waals surface area contributed by atoms with E-state index < -0.39 is 5.97 Å². The van der Waals surface area contributed by atoms with Crippen LogP contribution in [0.1, 0.15) is 25.3 Å². The molecule has 0 radical (unpaired) electrons. The molecule has 3 aromatic carbocycles. The fourth-order valence-electron chi connectivity index (χ4n) is 3.19. The molecule has 4 heteroatoms. The molecule has 0 aliphatic rings. The zero-order chi connectivity index (χ0) is 20.8. The van der Waals surface area contributed by atoms with Crippen LogP contribution in [-0.4, -0.2) is 18.5 Å². The normalized spacial score (nSPS) is 10.7. The van der Waals surface area contributed by atoms with E-state index in [1.807, 2.05) is 18.2 Å². The lowest BCUT2D eigenvalue weighted by atomic mass is 9.98. The van der Waals surface area contributed by atoms with E-state index in [-0.39, 0.29) is 5.97 Å². The predicted molar refractivity (Wildman–Crippen MR) is 116 cm³/mol. The number of aryl methyl sites for hydroxylation is 1. The van der Waals surface area contributed by atoms with Gasteiger partial charge in [0.15, 0.2) is 0 Å². The van der Waals surface area contributed by atoms with Crippen molar-refractivity contribution in [3.63, 3.8) is 0 Å². The van der Waals surface area contributed by atoms with Gasteiger partial charge in [0.05, 0.1) is 6.61 Å². The Morgan fingerprint density at radius 2 is 1.66 bits per heavy atom. The second kappa shape index (κ2) is 9.20. The molecule has 0 saturated heterocycles. The van der Waals surface area contributed by atoms with Gasteiger partial charge in [-0.3, -0.25) is 0 Å². The van der Waals surface area contributed by atoms with E-state index in [1.165, 1.54) is 10.9 Å². The quantitative estimate of drug-likeness (QED) is 0.167. The third-order valence-electron chi connectivity index (χ3n) is 4.70. The first-order valence-electron chi connectivity index (χ1n) is 9.60. The van der Waals surface area contributed by atoms with Gasteiger partial charge in [-0.25, -0.2) is 9.59 Å². The summed E-state index contributed by atoms with van der Waals surface area (Å²) >= 11 is 0. The topological polar surface area (TPSA) is 52.6 Å². The predicted octanol–water partition coefficient (Wildman–Crippen LogP) is 5.53. The van der Waals surface area contributed by atoms with Crippen LogP contribution >= 0.6 is 0 Å². The molecular formula is C25H24O4. The fourth-order valence-corrected chi connectivity index (χ4v) is 3.19. The maximum atomic E-state index is 11.4. The highest BCUT2D eigenvalue weighted by molar-refractivity contribution is 6.08. The van der Waals surface area contributed by atoms with Crippen molar-refractivity contribution < 1.29 is 19.1 Å². The molecule has 4 nitrogen and oxygen atoms in total. The summed E-state index contributed by atoms with van der Waals surface area (Å²) in [4.78, 5) is 22.8. The van der Waals surface area contributed by atoms with Gasteiger partial charge in [0.1, 0.15) is 5.75 Å². The molecule has 3 aromatic rings. The highest BCUT2D eigenvalue weighted by atomic mass is 16.5. The second-order valence-electron chi connectivity index (χ2n) is 7.00. The highest BCUT2D eigenvalue weighted by Crippen LogP contribution is 2.29. The molecule has 0 aliphatic carbocycles. The van der Waals surface area contributed by atoms with Crippen molar-refractivity contribution in [3.8, 4) is 5.75 Å². The minimum absolute atomic E-state index is 0.329. The largest absolute Gasteiger partial charge is 0.462 e. The molecule has 0 aromatic heterocycles. The van der Waals surface area contributed by atoms with E-state index in [0.717, 1.165) is 41.5 Å². The number of benzene rings is 3. The molecule has 0 spiro atoms.